The third kappa shape index (κ3) is 3.57. The SMILES string of the molecule is COC(C(=O)OC1CCC2(C)C(=CCC3C2CCC24CN(C)C(C)C2CCC34)C1)c1ccccc1. The van der Waals surface area contributed by atoms with Crippen LogP contribution in [0.15, 0.2) is 42.0 Å². The number of rotatable bonds is 4. The molecule has 0 bridgehead atoms. The quantitative estimate of drug-likeness (QED) is 0.383. The summed E-state index contributed by atoms with van der Waals surface area (Å²) in [5.41, 5.74) is 3.29. The van der Waals surface area contributed by atoms with E-state index < -0.39 is 6.10 Å². The highest BCUT2D eigenvalue weighted by Gasteiger charge is 2.64. The maximum atomic E-state index is 13.0. The molecule has 5 aliphatic rings. The molecule has 0 radical (unpaired) electrons. The Bertz CT molecular complexity index is 990. The van der Waals surface area contributed by atoms with E-state index in [9.17, 15) is 4.79 Å². The summed E-state index contributed by atoms with van der Waals surface area (Å²) in [5, 5.41) is 0. The second-order valence-corrected chi connectivity index (χ2v) is 12.7. The van der Waals surface area contributed by atoms with E-state index in [0.29, 0.717) is 5.41 Å². The number of hydrogen-bond donors (Lipinski definition) is 0. The Morgan fingerprint density at radius 2 is 1.83 bits per heavy atom. The fourth-order valence-electron chi connectivity index (χ4n) is 9.75. The number of hydrogen-bond acceptors (Lipinski definition) is 4. The first-order valence-corrected chi connectivity index (χ1v) is 14.1. The van der Waals surface area contributed by atoms with Gasteiger partial charge in [-0.15, -0.1) is 0 Å². The van der Waals surface area contributed by atoms with Gasteiger partial charge in [0.05, 0.1) is 0 Å². The Hall–Kier alpha value is -1.65. The van der Waals surface area contributed by atoms with Crippen molar-refractivity contribution < 1.29 is 14.3 Å². The van der Waals surface area contributed by atoms with Crippen molar-refractivity contribution in [1.29, 1.82) is 0 Å². The van der Waals surface area contributed by atoms with Crippen LogP contribution in [0.2, 0.25) is 0 Å². The number of allylic oxidation sites excluding steroid dienone is 1. The number of nitrogens with zero attached hydrogens (tertiary/aromatic N) is 1. The van der Waals surface area contributed by atoms with Gasteiger partial charge in [0.1, 0.15) is 6.10 Å². The van der Waals surface area contributed by atoms with Gasteiger partial charge in [-0.3, -0.25) is 0 Å². The Labute approximate surface area is 211 Å². The molecule has 1 heterocycles. The van der Waals surface area contributed by atoms with Crippen molar-refractivity contribution in [3.63, 3.8) is 0 Å². The van der Waals surface area contributed by atoms with E-state index >= 15 is 0 Å². The Morgan fingerprint density at radius 1 is 1.06 bits per heavy atom. The summed E-state index contributed by atoms with van der Waals surface area (Å²) < 4.78 is 11.6. The molecule has 0 aromatic heterocycles. The fourth-order valence-corrected chi connectivity index (χ4v) is 9.75. The average Bonchev–Trinajstić information content (AvgIpc) is 3.34. The lowest BCUT2D eigenvalue weighted by molar-refractivity contribution is -0.163. The van der Waals surface area contributed by atoms with Crippen LogP contribution in [0.3, 0.4) is 0 Å². The molecular formula is C31H43NO3. The molecule has 1 aliphatic heterocycles. The number of carbonyl (C=O) groups is 1. The maximum absolute atomic E-state index is 13.0. The zero-order chi connectivity index (χ0) is 24.4. The van der Waals surface area contributed by atoms with Crippen LogP contribution in [-0.2, 0) is 14.3 Å². The van der Waals surface area contributed by atoms with E-state index in [2.05, 4.69) is 31.9 Å². The van der Waals surface area contributed by atoms with Crippen LogP contribution in [0.25, 0.3) is 0 Å². The van der Waals surface area contributed by atoms with Crippen LogP contribution in [0.5, 0.6) is 0 Å². The lowest BCUT2D eigenvalue weighted by atomic mass is 9.47. The van der Waals surface area contributed by atoms with Gasteiger partial charge in [0.2, 0.25) is 0 Å². The lowest BCUT2D eigenvalue weighted by Crippen LogP contribution is -2.51. The molecule has 1 saturated heterocycles. The summed E-state index contributed by atoms with van der Waals surface area (Å²) in [5.74, 6) is 3.20. The van der Waals surface area contributed by atoms with Gasteiger partial charge in [0, 0.05) is 26.1 Å². The zero-order valence-corrected chi connectivity index (χ0v) is 22.0. The largest absolute Gasteiger partial charge is 0.460 e. The first-order valence-electron chi connectivity index (χ1n) is 14.1. The second kappa shape index (κ2) is 8.73. The topological polar surface area (TPSA) is 38.8 Å². The molecule has 1 spiro atoms. The van der Waals surface area contributed by atoms with Gasteiger partial charge >= 0.3 is 5.97 Å². The van der Waals surface area contributed by atoms with E-state index in [1.165, 1.54) is 38.6 Å². The van der Waals surface area contributed by atoms with Crippen molar-refractivity contribution in [1.82, 2.24) is 4.90 Å². The minimum absolute atomic E-state index is 0.0325. The number of likely N-dealkylation sites (tertiary alicyclic amines) is 1. The molecule has 9 unspecified atom stereocenters. The van der Waals surface area contributed by atoms with E-state index in [0.717, 1.165) is 54.5 Å². The van der Waals surface area contributed by atoms with Crippen molar-refractivity contribution in [2.75, 3.05) is 20.7 Å². The van der Waals surface area contributed by atoms with Crippen LogP contribution in [-0.4, -0.2) is 43.7 Å². The predicted molar refractivity (Wildman–Crippen MR) is 138 cm³/mol. The van der Waals surface area contributed by atoms with E-state index in [1.807, 2.05) is 30.3 Å². The van der Waals surface area contributed by atoms with Crippen LogP contribution < -0.4 is 0 Å². The van der Waals surface area contributed by atoms with Crippen molar-refractivity contribution in [2.24, 2.45) is 34.5 Å². The normalized spacial score (nSPS) is 43.4. The number of fused-ring (bicyclic) bond motifs is 4. The molecule has 35 heavy (non-hydrogen) atoms. The molecule has 0 N–H and O–H groups in total. The van der Waals surface area contributed by atoms with Crippen molar-refractivity contribution in [3.05, 3.63) is 47.5 Å². The summed E-state index contributed by atoms with van der Waals surface area (Å²) >= 11 is 0. The third-order valence-electron chi connectivity index (χ3n) is 11.5. The average molecular weight is 478 g/mol. The summed E-state index contributed by atoms with van der Waals surface area (Å²) in [4.78, 5) is 15.7. The van der Waals surface area contributed by atoms with Crippen molar-refractivity contribution >= 4 is 5.97 Å². The zero-order valence-electron chi connectivity index (χ0n) is 22.0. The van der Waals surface area contributed by atoms with Crippen LogP contribution >= 0.6 is 0 Å². The highest BCUT2D eigenvalue weighted by molar-refractivity contribution is 5.76. The molecular weight excluding hydrogens is 434 g/mol. The minimum Gasteiger partial charge on any atom is -0.460 e. The van der Waals surface area contributed by atoms with Crippen molar-refractivity contribution in [3.8, 4) is 0 Å². The molecule has 4 nitrogen and oxygen atoms in total. The van der Waals surface area contributed by atoms with Gasteiger partial charge in [-0.2, -0.15) is 0 Å². The van der Waals surface area contributed by atoms with Crippen molar-refractivity contribution in [2.45, 2.75) is 83.5 Å². The monoisotopic (exact) mass is 477 g/mol. The maximum Gasteiger partial charge on any atom is 0.340 e. The Kier molecular flexibility index (Phi) is 5.92. The van der Waals surface area contributed by atoms with E-state index in [-0.39, 0.29) is 17.5 Å². The highest BCUT2D eigenvalue weighted by Crippen LogP contribution is 2.68. The molecule has 1 aromatic rings. The molecule has 6 rings (SSSR count). The summed E-state index contributed by atoms with van der Waals surface area (Å²) in [7, 11) is 3.95. The first-order chi connectivity index (χ1) is 16.9. The third-order valence-corrected chi connectivity index (χ3v) is 11.5. The van der Waals surface area contributed by atoms with E-state index in [1.54, 1.807) is 12.7 Å². The standard InChI is InChI=1S/C31H43NO3/c1-20-25-12-13-27-24-11-10-22-18-23(35-29(33)28(34-4)21-8-6-5-7-9-21)14-16-30(22,2)26(24)15-17-31(25,27)19-32(20)3/h5-10,20,23-28H,11-19H2,1-4H3. The van der Waals surface area contributed by atoms with Gasteiger partial charge < -0.3 is 14.4 Å². The minimum atomic E-state index is -0.647. The Balaban J connectivity index is 1.17. The number of benzene rings is 1. The molecule has 9 atom stereocenters. The van der Waals surface area contributed by atoms with Crippen LogP contribution in [0.4, 0.5) is 0 Å². The number of esters is 1. The number of methoxy groups -OCH3 is 1. The smallest absolute Gasteiger partial charge is 0.340 e. The summed E-state index contributed by atoms with van der Waals surface area (Å²) in [6.45, 7) is 6.34. The summed E-state index contributed by atoms with van der Waals surface area (Å²) in [6.07, 6.45) is 11.8. The van der Waals surface area contributed by atoms with Gasteiger partial charge in [0.15, 0.2) is 6.10 Å². The number of carbonyl (C=O) groups excluding carboxylic acids is 1. The van der Waals surface area contributed by atoms with Gasteiger partial charge in [-0.25, -0.2) is 4.79 Å². The molecule has 1 aromatic carbocycles. The van der Waals surface area contributed by atoms with Gasteiger partial charge in [-0.05, 0) is 99.0 Å². The highest BCUT2D eigenvalue weighted by atomic mass is 16.6. The number of ether oxygens (including phenoxy) is 2. The molecule has 4 aliphatic carbocycles. The fraction of sp³-hybridized carbons (Fsp3) is 0.710. The van der Waals surface area contributed by atoms with Crippen LogP contribution in [0.1, 0.15) is 76.9 Å². The first kappa shape index (κ1) is 23.7. The Morgan fingerprint density at radius 3 is 2.60 bits per heavy atom. The summed E-state index contributed by atoms with van der Waals surface area (Å²) in [6, 6.07) is 10.5. The van der Waals surface area contributed by atoms with Gasteiger partial charge in [0.25, 0.3) is 0 Å². The van der Waals surface area contributed by atoms with Crippen LogP contribution in [0, 0.1) is 34.5 Å². The molecule has 4 heteroatoms. The van der Waals surface area contributed by atoms with E-state index in [4.69, 9.17) is 9.47 Å². The predicted octanol–water partition coefficient (Wildman–Crippen LogP) is 6.18. The molecule has 0 amide bonds. The second-order valence-electron chi connectivity index (χ2n) is 12.7. The molecule has 4 fully saturated rings. The molecule has 3 saturated carbocycles. The lowest BCUT2D eigenvalue weighted by Gasteiger charge is -2.58. The molecule has 190 valence electrons. The van der Waals surface area contributed by atoms with Gasteiger partial charge in [-0.1, -0.05) is 48.9 Å².